The monoisotopic (exact) mass is 450 g/mol. The van der Waals surface area contributed by atoms with Crippen LogP contribution in [0.15, 0.2) is 4.99 Å². The van der Waals surface area contributed by atoms with E-state index in [0.29, 0.717) is 6.54 Å². The van der Waals surface area contributed by atoms with Gasteiger partial charge in [0, 0.05) is 33.7 Å². The van der Waals surface area contributed by atoms with E-state index in [0.717, 1.165) is 57.2 Å². The van der Waals surface area contributed by atoms with Gasteiger partial charge in [-0.1, -0.05) is 19.8 Å². The number of carbonyl (C=O) groups is 1. The second-order valence-corrected chi connectivity index (χ2v) is 7.53. The van der Waals surface area contributed by atoms with E-state index in [9.17, 15) is 4.79 Å². The predicted molar refractivity (Wildman–Crippen MR) is 111 cm³/mol. The number of halogens is 1. The van der Waals surface area contributed by atoms with Crippen molar-refractivity contribution in [3.63, 3.8) is 0 Å². The first kappa shape index (κ1) is 21.5. The number of piperidine rings is 1. The molecule has 1 heterocycles. The SMILES string of the molecule is CCNC(=NCC1(C(=O)N(C)C)CCCC1)N1CCC(C)CC1.I. The normalized spacial score (nSPS) is 21.3. The molecule has 1 aliphatic carbocycles. The molecule has 2 rings (SSSR count). The first-order valence-corrected chi connectivity index (χ1v) is 9.23. The summed E-state index contributed by atoms with van der Waals surface area (Å²) in [5.41, 5.74) is -0.271. The van der Waals surface area contributed by atoms with Gasteiger partial charge in [-0.05, 0) is 38.5 Å². The number of hydrogen-bond donors (Lipinski definition) is 1. The highest BCUT2D eigenvalue weighted by Crippen LogP contribution is 2.39. The molecule has 0 aromatic heterocycles. The molecule has 1 N–H and O–H groups in total. The molecule has 1 amide bonds. The number of amides is 1. The summed E-state index contributed by atoms with van der Waals surface area (Å²) in [4.78, 5) is 21.7. The Bertz CT molecular complexity index is 425. The van der Waals surface area contributed by atoms with Gasteiger partial charge in [0.25, 0.3) is 0 Å². The fourth-order valence-electron chi connectivity index (χ4n) is 3.84. The van der Waals surface area contributed by atoms with Gasteiger partial charge < -0.3 is 15.1 Å². The fourth-order valence-corrected chi connectivity index (χ4v) is 3.84. The first-order valence-electron chi connectivity index (χ1n) is 9.23. The Balaban J connectivity index is 0.00000288. The minimum absolute atomic E-state index is 0. The van der Waals surface area contributed by atoms with Gasteiger partial charge in [-0.25, -0.2) is 0 Å². The number of nitrogens with zero attached hydrogens (tertiary/aromatic N) is 3. The van der Waals surface area contributed by atoms with E-state index in [1.807, 2.05) is 14.1 Å². The third-order valence-electron chi connectivity index (χ3n) is 5.37. The van der Waals surface area contributed by atoms with Crippen LogP contribution in [0.5, 0.6) is 0 Å². The van der Waals surface area contributed by atoms with E-state index in [4.69, 9.17) is 4.99 Å². The Morgan fingerprint density at radius 1 is 1.25 bits per heavy atom. The molecule has 1 aliphatic heterocycles. The van der Waals surface area contributed by atoms with Crippen LogP contribution >= 0.6 is 24.0 Å². The minimum atomic E-state index is -0.271. The van der Waals surface area contributed by atoms with Crippen molar-refractivity contribution < 1.29 is 4.79 Å². The van der Waals surface area contributed by atoms with Crippen LogP contribution in [0, 0.1) is 11.3 Å². The molecule has 0 aromatic rings. The van der Waals surface area contributed by atoms with E-state index >= 15 is 0 Å². The van der Waals surface area contributed by atoms with Crippen LogP contribution in [0.3, 0.4) is 0 Å². The lowest BCUT2D eigenvalue weighted by molar-refractivity contribution is -0.138. The van der Waals surface area contributed by atoms with Crippen molar-refractivity contribution in [2.24, 2.45) is 16.3 Å². The summed E-state index contributed by atoms with van der Waals surface area (Å²) in [5, 5.41) is 3.43. The molecule has 1 saturated carbocycles. The van der Waals surface area contributed by atoms with E-state index in [1.54, 1.807) is 4.90 Å². The van der Waals surface area contributed by atoms with Crippen molar-refractivity contribution in [2.45, 2.75) is 52.4 Å². The number of guanidine groups is 1. The molecular weight excluding hydrogens is 415 g/mol. The van der Waals surface area contributed by atoms with Crippen LogP contribution < -0.4 is 5.32 Å². The van der Waals surface area contributed by atoms with Crippen LogP contribution in [0.2, 0.25) is 0 Å². The fraction of sp³-hybridized carbons (Fsp3) is 0.889. The van der Waals surface area contributed by atoms with Crippen molar-refractivity contribution in [2.75, 3.05) is 40.3 Å². The van der Waals surface area contributed by atoms with Crippen LogP contribution in [-0.2, 0) is 4.79 Å². The lowest BCUT2D eigenvalue weighted by Crippen LogP contribution is -2.47. The topological polar surface area (TPSA) is 47.9 Å². The Morgan fingerprint density at radius 3 is 2.33 bits per heavy atom. The zero-order chi connectivity index (χ0) is 16.9. The van der Waals surface area contributed by atoms with E-state index in [2.05, 4.69) is 24.1 Å². The molecule has 1 saturated heterocycles. The van der Waals surface area contributed by atoms with E-state index < -0.39 is 0 Å². The van der Waals surface area contributed by atoms with Gasteiger partial charge in [0.15, 0.2) is 5.96 Å². The maximum absolute atomic E-state index is 12.7. The summed E-state index contributed by atoms with van der Waals surface area (Å²) in [7, 11) is 3.73. The molecule has 0 bridgehead atoms. The number of hydrogen-bond acceptors (Lipinski definition) is 2. The van der Waals surface area contributed by atoms with Crippen LogP contribution in [0.1, 0.15) is 52.4 Å². The third kappa shape index (κ3) is 5.23. The van der Waals surface area contributed by atoms with Gasteiger partial charge in [-0.15, -0.1) is 24.0 Å². The highest BCUT2D eigenvalue weighted by Gasteiger charge is 2.42. The molecule has 140 valence electrons. The van der Waals surface area contributed by atoms with E-state index in [1.165, 1.54) is 12.8 Å². The molecule has 0 atom stereocenters. The average Bonchev–Trinajstić information content (AvgIpc) is 3.01. The molecule has 0 aromatic carbocycles. The molecule has 2 fully saturated rings. The smallest absolute Gasteiger partial charge is 0.230 e. The summed E-state index contributed by atoms with van der Waals surface area (Å²) in [6.45, 7) is 8.07. The van der Waals surface area contributed by atoms with Crippen molar-refractivity contribution >= 4 is 35.8 Å². The Hall–Kier alpha value is -0.530. The standard InChI is InChI=1S/C18H34N4O.HI/c1-5-19-17(22-12-8-15(2)9-13-22)20-14-18(10-6-7-11-18)16(23)21(3)4;/h15H,5-14H2,1-4H3,(H,19,20);1H. The molecule has 5 nitrogen and oxygen atoms in total. The van der Waals surface area contributed by atoms with Gasteiger partial charge in [0.1, 0.15) is 0 Å². The zero-order valence-corrected chi connectivity index (χ0v) is 18.1. The van der Waals surface area contributed by atoms with Crippen molar-refractivity contribution in [3.05, 3.63) is 0 Å². The second-order valence-electron chi connectivity index (χ2n) is 7.53. The highest BCUT2D eigenvalue weighted by molar-refractivity contribution is 14.0. The van der Waals surface area contributed by atoms with Gasteiger partial charge in [-0.3, -0.25) is 9.79 Å². The number of carbonyl (C=O) groups excluding carboxylic acids is 1. The number of rotatable bonds is 4. The van der Waals surface area contributed by atoms with Crippen LogP contribution in [0.25, 0.3) is 0 Å². The largest absolute Gasteiger partial charge is 0.357 e. The number of aliphatic imine (C=N–C) groups is 1. The summed E-state index contributed by atoms with van der Waals surface area (Å²) in [6.07, 6.45) is 6.70. The van der Waals surface area contributed by atoms with Gasteiger partial charge >= 0.3 is 0 Å². The van der Waals surface area contributed by atoms with Crippen LogP contribution in [0.4, 0.5) is 0 Å². The molecule has 0 radical (unpaired) electrons. The van der Waals surface area contributed by atoms with Crippen LogP contribution in [-0.4, -0.2) is 61.9 Å². The Labute approximate surface area is 164 Å². The average molecular weight is 450 g/mol. The summed E-state index contributed by atoms with van der Waals surface area (Å²) in [6, 6.07) is 0. The lowest BCUT2D eigenvalue weighted by atomic mass is 9.85. The Kier molecular flexibility index (Phi) is 8.81. The minimum Gasteiger partial charge on any atom is -0.357 e. The second kappa shape index (κ2) is 9.82. The van der Waals surface area contributed by atoms with Crippen molar-refractivity contribution in [3.8, 4) is 0 Å². The lowest BCUT2D eigenvalue weighted by Gasteiger charge is -2.34. The van der Waals surface area contributed by atoms with Crippen molar-refractivity contribution in [1.29, 1.82) is 0 Å². The maximum atomic E-state index is 12.7. The molecule has 6 heteroatoms. The number of nitrogens with one attached hydrogen (secondary N) is 1. The van der Waals surface area contributed by atoms with E-state index in [-0.39, 0.29) is 35.3 Å². The summed E-state index contributed by atoms with van der Waals surface area (Å²) < 4.78 is 0. The predicted octanol–water partition coefficient (Wildman–Crippen LogP) is 2.95. The maximum Gasteiger partial charge on any atom is 0.230 e. The van der Waals surface area contributed by atoms with Crippen molar-refractivity contribution in [1.82, 2.24) is 15.1 Å². The molecule has 0 spiro atoms. The molecule has 24 heavy (non-hydrogen) atoms. The summed E-state index contributed by atoms with van der Waals surface area (Å²) in [5.74, 6) is 2.06. The van der Waals surface area contributed by atoms with Gasteiger partial charge in [0.05, 0.1) is 12.0 Å². The first-order chi connectivity index (χ1) is 11.0. The quantitative estimate of drug-likeness (QED) is 0.407. The molecule has 0 unspecified atom stereocenters. The van der Waals surface area contributed by atoms with Gasteiger partial charge in [-0.2, -0.15) is 0 Å². The van der Waals surface area contributed by atoms with Gasteiger partial charge in [0.2, 0.25) is 5.91 Å². The Morgan fingerprint density at radius 2 is 1.83 bits per heavy atom. The highest BCUT2D eigenvalue weighted by atomic mass is 127. The molecule has 2 aliphatic rings. The summed E-state index contributed by atoms with van der Waals surface area (Å²) >= 11 is 0. The zero-order valence-electron chi connectivity index (χ0n) is 15.8. The third-order valence-corrected chi connectivity index (χ3v) is 5.37. The molecular formula is C18H35IN4O. The number of likely N-dealkylation sites (tertiary alicyclic amines) is 1.